The number of rotatable bonds is 7. The fourth-order valence-corrected chi connectivity index (χ4v) is 2.48. The van der Waals surface area contributed by atoms with Crippen LogP contribution < -0.4 is 10.1 Å². The third-order valence-corrected chi connectivity index (χ3v) is 3.96. The van der Waals surface area contributed by atoms with Crippen molar-refractivity contribution in [3.8, 4) is 5.75 Å². The molecule has 0 aliphatic carbocycles. The topological polar surface area (TPSA) is 41.6 Å². The number of carbonyl (C=O) groups excluding carboxylic acids is 1. The second-order valence-corrected chi connectivity index (χ2v) is 6.02. The van der Waals surface area contributed by atoms with Gasteiger partial charge in [-0.05, 0) is 43.8 Å². The Hall–Kier alpha value is -2.18. The molecule has 4 nitrogen and oxygen atoms in total. The molecular formula is C18H19ClF2N2O2. The molecule has 1 atom stereocenters. The Bertz CT molecular complexity index is 728. The van der Waals surface area contributed by atoms with E-state index >= 15 is 0 Å². The van der Waals surface area contributed by atoms with E-state index in [0.29, 0.717) is 11.6 Å². The maximum absolute atomic E-state index is 12.4. The average molecular weight is 369 g/mol. The highest BCUT2D eigenvalue weighted by atomic mass is 35.5. The molecule has 0 fully saturated rings. The third kappa shape index (κ3) is 5.69. The minimum absolute atomic E-state index is 0.0736. The summed E-state index contributed by atoms with van der Waals surface area (Å²) < 4.78 is 29.3. The smallest absolute Gasteiger partial charge is 0.387 e. The van der Waals surface area contributed by atoms with Gasteiger partial charge in [0, 0.05) is 11.6 Å². The largest absolute Gasteiger partial charge is 0.433 e. The fourth-order valence-electron chi connectivity index (χ4n) is 2.27. The van der Waals surface area contributed by atoms with Gasteiger partial charge in [-0.1, -0.05) is 35.9 Å². The van der Waals surface area contributed by atoms with Crippen molar-refractivity contribution in [3.63, 3.8) is 0 Å². The van der Waals surface area contributed by atoms with E-state index in [1.165, 1.54) is 12.1 Å². The fraction of sp³-hybridized carbons (Fsp3) is 0.278. The van der Waals surface area contributed by atoms with Crippen molar-refractivity contribution in [2.75, 3.05) is 12.4 Å². The maximum Gasteiger partial charge on any atom is 0.387 e. The molecule has 0 aliphatic rings. The quantitative estimate of drug-likeness (QED) is 0.787. The zero-order valence-corrected chi connectivity index (χ0v) is 14.6. The first-order valence-electron chi connectivity index (χ1n) is 7.66. The second kappa shape index (κ2) is 8.78. The lowest BCUT2D eigenvalue weighted by molar-refractivity contribution is -0.120. The number of likely N-dealkylation sites (N-methyl/N-ethyl adjacent to an activating group) is 1. The number of amides is 1. The number of carbonyl (C=O) groups is 1. The van der Waals surface area contributed by atoms with Crippen molar-refractivity contribution < 1.29 is 18.3 Å². The molecule has 0 heterocycles. The van der Waals surface area contributed by atoms with E-state index in [1.807, 2.05) is 23.1 Å². The molecule has 1 unspecified atom stereocenters. The zero-order valence-electron chi connectivity index (χ0n) is 13.9. The maximum atomic E-state index is 12.4. The molecule has 2 aromatic carbocycles. The van der Waals surface area contributed by atoms with E-state index in [0.717, 1.165) is 5.56 Å². The van der Waals surface area contributed by atoms with Gasteiger partial charge in [0.25, 0.3) is 0 Å². The van der Waals surface area contributed by atoms with Crippen LogP contribution in [0.15, 0.2) is 48.5 Å². The molecule has 1 N–H and O–H groups in total. The molecule has 1 amide bonds. The number of hydrogen-bond acceptors (Lipinski definition) is 3. The van der Waals surface area contributed by atoms with E-state index in [1.54, 1.807) is 32.2 Å². The number of para-hydroxylation sites is 2. The first-order valence-corrected chi connectivity index (χ1v) is 8.04. The normalized spacial score (nSPS) is 12.3. The van der Waals surface area contributed by atoms with Crippen LogP contribution in [0.4, 0.5) is 14.5 Å². The second-order valence-electron chi connectivity index (χ2n) is 5.58. The van der Waals surface area contributed by atoms with Crippen molar-refractivity contribution >= 4 is 23.2 Å². The molecule has 134 valence electrons. The van der Waals surface area contributed by atoms with Gasteiger partial charge in [0.1, 0.15) is 5.75 Å². The van der Waals surface area contributed by atoms with Crippen LogP contribution in [0, 0.1) is 0 Å². The molecule has 0 aliphatic heterocycles. The summed E-state index contributed by atoms with van der Waals surface area (Å²) in [5.74, 6) is -0.398. The molecule has 0 bridgehead atoms. The van der Waals surface area contributed by atoms with Crippen molar-refractivity contribution in [3.05, 3.63) is 59.1 Å². The van der Waals surface area contributed by atoms with Crippen LogP contribution in [-0.2, 0) is 11.3 Å². The number of hydrogen-bond donors (Lipinski definition) is 1. The molecule has 0 aromatic heterocycles. The van der Waals surface area contributed by atoms with E-state index < -0.39 is 12.7 Å². The number of ether oxygens (including phenoxy) is 1. The first kappa shape index (κ1) is 19.1. The Morgan fingerprint density at radius 1 is 1.24 bits per heavy atom. The van der Waals surface area contributed by atoms with Crippen molar-refractivity contribution in [1.82, 2.24) is 4.90 Å². The highest BCUT2D eigenvalue weighted by Gasteiger charge is 2.20. The Kier molecular flexibility index (Phi) is 6.73. The van der Waals surface area contributed by atoms with Crippen LogP contribution in [0.1, 0.15) is 12.5 Å². The highest BCUT2D eigenvalue weighted by Crippen LogP contribution is 2.26. The van der Waals surface area contributed by atoms with Gasteiger partial charge in [0.05, 0.1) is 11.7 Å². The number of anilines is 1. The van der Waals surface area contributed by atoms with Crippen LogP contribution >= 0.6 is 11.6 Å². The lowest BCUT2D eigenvalue weighted by atomic mass is 10.2. The van der Waals surface area contributed by atoms with Crippen LogP contribution in [-0.4, -0.2) is 30.5 Å². The molecule has 25 heavy (non-hydrogen) atoms. The Balaban J connectivity index is 2.02. The average Bonchev–Trinajstić information content (AvgIpc) is 2.55. The summed E-state index contributed by atoms with van der Waals surface area (Å²) in [6.45, 7) is -0.707. The SMILES string of the molecule is CC(C(=O)Nc1ccccc1OC(F)F)N(C)Cc1cccc(Cl)c1. The van der Waals surface area contributed by atoms with Crippen LogP contribution in [0.3, 0.4) is 0 Å². The Morgan fingerprint density at radius 3 is 2.64 bits per heavy atom. The van der Waals surface area contributed by atoms with E-state index in [9.17, 15) is 13.6 Å². The molecule has 0 spiro atoms. The molecular weight excluding hydrogens is 350 g/mol. The minimum Gasteiger partial charge on any atom is -0.433 e. The van der Waals surface area contributed by atoms with Gasteiger partial charge < -0.3 is 10.1 Å². The summed E-state index contributed by atoms with van der Waals surface area (Å²) in [7, 11) is 1.80. The van der Waals surface area contributed by atoms with Gasteiger partial charge >= 0.3 is 6.61 Å². The molecule has 2 aromatic rings. The van der Waals surface area contributed by atoms with E-state index in [4.69, 9.17) is 11.6 Å². The summed E-state index contributed by atoms with van der Waals surface area (Å²) in [6.07, 6.45) is 0. The van der Waals surface area contributed by atoms with Gasteiger partial charge in [-0.3, -0.25) is 9.69 Å². The number of alkyl halides is 2. The molecule has 2 rings (SSSR count). The van der Waals surface area contributed by atoms with Crippen molar-refractivity contribution in [1.29, 1.82) is 0 Å². The minimum atomic E-state index is -2.96. The van der Waals surface area contributed by atoms with Crippen LogP contribution in [0.5, 0.6) is 5.75 Å². The molecule has 7 heteroatoms. The highest BCUT2D eigenvalue weighted by molar-refractivity contribution is 6.30. The molecule has 0 radical (unpaired) electrons. The van der Waals surface area contributed by atoms with E-state index in [2.05, 4.69) is 10.1 Å². The van der Waals surface area contributed by atoms with Crippen LogP contribution in [0.2, 0.25) is 5.02 Å². The summed E-state index contributed by atoms with van der Waals surface area (Å²) in [4.78, 5) is 14.3. The number of nitrogens with zero attached hydrogens (tertiary/aromatic N) is 1. The van der Waals surface area contributed by atoms with Gasteiger partial charge in [-0.25, -0.2) is 0 Å². The third-order valence-electron chi connectivity index (χ3n) is 3.72. The van der Waals surface area contributed by atoms with Gasteiger partial charge in [-0.2, -0.15) is 8.78 Å². The first-order chi connectivity index (χ1) is 11.9. The Morgan fingerprint density at radius 2 is 1.96 bits per heavy atom. The summed E-state index contributed by atoms with van der Waals surface area (Å²) in [5.41, 5.74) is 1.17. The lowest BCUT2D eigenvalue weighted by Gasteiger charge is -2.24. The molecule has 0 saturated heterocycles. The number of nitrogens with one attached hydrogen (secondary N) is 1. The predicted octanol–water partition coefficient (Wildman–Crippen LogP) is 4.40. The Labute approximate surface area is 150 Å². The zero-order chi connectivity index (χ0) is 18.4. The monoisotopic (exact) mass is 368 g/mol. The summed E-state index contributed by atoms with van der Waals surface area (Å²) in [6, 6.07) is 13.0. The van der Waals surface area contributed by atoms with Gasteiger partial charge in [-0.15, -0.1) is 0 Å². The summed E-state index contributed by atoms with van der Waals surface area (Å²) in [5, 5.41) is 3.25. The lowest BCUT2D eigenvalue weighted by Crippen LogP contribution is -2.39. The van der Waals surface area contributed by atoms with Crippen molar-refractivity contribution in [2.24, 2.45) is 0 Å². The van der Waals surface area contributed by atoms with Gasteiger partial charge in [0.15, 0.2) is 0 Å². The molecule has 0 saturated carbocycles. The number of benzene rings is 2. The van der Waals surface area contributed by atoms with Crippen LogP contribution in [0.25, 0.3) is 0 Å². The van der Waals surface area contributed by atoms with Gasteiger partial charge in [0.2, 0.25) is 5.91 Å². The van der Waals surface area contributed by atoms with Crippen molar-refractivity contribution in [2.45, 2.75) is 26.1 Å². The standard InChI is InChI=1S/C18H19ClF2N2O2/c1-12(23(2)11-13-6-5-7-14(19)10-13)17(24)22-15-8-3-4-9-16(15)25-18(20)21/h3-10,12,18H,11H2,1-2H3,(H,22,24). The van der Waals surface area contributed by atoms with E-state index in [-0.39, 0.29) is 17.3 Å². The number of halogens is 3. The summed E-state index contributed by atoms with van der Waals surface area (Å²) >= 11 is 5.96. The predicted molar refractivity (Wildman–Crippen MR) is 94.1 cm³/mol.